The first kappa shape index (κ1) is 16.8. The summed E-state index contributed by atoms with van der Waals surface area (Å²) in [5.41, 5.74) is 5.55. The monoisotopic (exact) mass is 331 g/mol. The zero-order valence-corrected chi connectivity index (χ0v) is 14.8. The average Bonchev–Trinajstić information content (AvgIpc) is 3.01. The molecule has 0 atom stereocenters. The van der Waals surface area contributed by atoms with E-state index in [0.29, 0.717) is 18.0 Å². The van der Waals surface area contributed by atoms with E-state index in [0.717, 1.165) is 28.8 Å². The molecule has 4 heteroatoms. The van der Waals surface area contributed by atoms with Crippen LogP contribution in [-0.4, -0.2) is 16.6 Å². The van der Waals surface area contributed by atoms with Crippen molar-refractivity contribution in [2.75, 3.05) is 6.61 Å². The number of ether oxygens (including phenoxy) is 1. The molecule has 0 aliphatic rings. The summed E-state index contributed by atoms with van der Waals surface area (Å²) < 4.78 is 5.77. The first-order valence-corrected chi connectivity index (χ1v) is 8.43. The van der Waals surface area contributed by atoms with Gasteiger partial charge in [0.1, 0.15) is 17.6 Å². The van der Waals surface area contributed by atoms with E-state index >= 15 is 0 Å². The standard InChI is InChI=1S/C21H21N3O/c1-4-9-25-20-8-6-5-7-16(20)12-17(13-22)21-23-18-10-14(2)15(3)11-19(18)24-21/h5-8,10-12H,4,9H2,1-3H3,(H,23,24)/b17-12-. The lowest BCUT2D eigenvalue weighted by Crippen LogP contribution is -1.97. The topological polar surface area (TPSA) is 61.7 Å². The van der Waals surface area contributed by atoms with Crippen molar-refractivity contribution in [2.45, 2.75) is 27.2 Å². The molecule has 0 bridgehead atoms. The van der Waals surface area contributed by atoms with Crippen molar-refractivity contribution < 1.29 is 4.74 Å². The maximum atomic E-state index is 9.62. The van der Waals surface area contributed by atoms with Crippen molar-refractivity contribution in [3.63, 3.8) is 0 Å². The van der Waals surface area contributed by atoms with Gasteiger partial charge >= 0.3 is 0 Å². The van der Waals surface area contributed by atoms with Crippen LogP contribution < -0.4 is 4.74 Å². The van der Waals surface area contributed by atoms with Crippen LogP contribution in [0.15, 0.2) is 36.4 Å². The second-order valence-electron chi connectivity index (χ2n) is 6.10. The van der Waals surface area contributed by atoms with Gasteiger partial charge in [0.2, 0.25) is 0 Å². The Bertz CT molecular complexity index is 937. The molecule has 0 saturated carbocycles. The summed E-state index contributed by atoms with van der Waals surface area (Å²) in [6.45, 7) is 6.84. The van der Waals surface area contributed by atoms with Crippen molar-refractivity contribution in [3.8, 4) is 11.8 Å². The number of hydrogen-bond donors (Lipinski definition) is 1. The molecule has 1 heterocycles. The van der Waals surface area contributed by atoms with Gasteiger partial charge in [-0.15, -0.1) is 0 Å². The van der Waals surface area contributed by atoms with Gasteiger partial charge in [-0.05, 0) is 55.7 Å². The SMILES string of the molecule is CCCOc1ccccc1/C=C(/C#N)c1nc2cc(C)c(C)cc2[nH]1. The molecular weight excluding hydrogens is 310 g/mol. The number of hydrogen-bond acceptors (Lipinski definition) is 3. The summed E-state index contributed by atoms with van der Waals surface area (Å²) in [5, 5.41) is 9.62. The fourth-order valence-corrected chi connectivity index (χ4v) is 2.65. The summed E-state index contributed by atoms with van der Waals surface area (Å²) in [6, 6.07) is 14.1. The van der Waals surface area contributed by atoms with Gasteiger partial charge in [-0.2, -0.15) is 5.26 Å². The lowest BCUT2D eigenvalue weighted by molar-refractivity contribution is 0.317. The van der Waals surface area contributed by atoms with Gasteiger partial charge in [0.25, 0.3) is 0 Å². The van der Waals surface area contributed by atoms with E-state index in [1.807, 2.05) is 36.4 Å². The third-order valence-electron chi connectivity index (χ3n) is 4.15. The lowest BCUT2D eigenvalue weighted by atomic mass is 10.1. The molecule has 0 unspecified atom stereocenters. The third-order valence-corrected chi connectivity index (χ3v) is 4.15. The molecule has 3 aromatic rings. The van der Waals surface area contributed by atoms with Gasteiger partial charge in [-0.1, -0.05) is 25.1 Å². The Morgan fingerprint density at radius 3 is 2.76 bits per heavy atom. The minimum atomic E-state index is 0.485. The van der Waals surface area contributed by atoms with Crippen LogP contribution in [0.2, 0.25) is 0 Å². The maximum Gasteiger partial charge on any atom is 0.149 e. The molecule has 4 nitrogen and oxygen atoms in total. The van der Waals surface area contributed by atoms with Gasteiger partial charge in [0.05, 0.1) is 23.2 Å². The highest BCUT2D eigenvalue weighted by Gasteiger charge is 2.10. The van der Waals surface area contributed by atoms with Crippen LogP contribution in [0, 0.1) is 25.2 Å². The fourth-order valence-electron chi connectivity index (χ4n) is 2.65. The maximum absolute atomic E-state index is 9.62. The lowest BCUT2D eigenvalue weighted by Gasteiger charge is -2.08. The number of para-hydroxylation sites is 1. The van der Waals surface area contributed by atoms with E-state index in [2.05, 4.69) is 42.9 Å². The molecule has 0 saturated heterocycles. The van der Waals surface area contributed by atoms with Crippen LogP contribution in [0.1, 0.15) is 35.9 Å². The Labute approximate surface area is 147 Å². The number of imidazole rings is 1. The minimum absolute atomic E-state index is 0.485. The summed E-state index contributed by atoms with van der Waals surface area (Å²) in [6.07, 6.45) is 2.76. The number of allylic oxidation sites excluding steroid dienone is 1. The zero-order chi connectivity index (χ0) is 17.8. The minimum Gasteiger partial charge on any atom is -0.493 e. The Balaban J connectivity index is 2.03. The van der Waals surface area contributed by atoms with Gasteiger partial charge in [-0.3, -0.25) is 0 Å². The Hall–Kier alpha value is -3.06. The molecule has 126 valence electrons. The Kier molecular flexibility index (Phi) is 4.85. The highest BCUT2D eigenvalue weighted by atomic mass is 16.5. The number of nitriles is 1. The number of aryl methyl sites for hydroxylation is 2. The first-order valence-electron chi connectivity index (χ1n) is 8.43. The van der Waals surface area contributed by atoms with Crippen LogP contribution >= 0.6 is 0 Å². The molecule has 0 spiro atoms. The highest BCUT2D eigenvalue weighted by Crippen LogP contribution is 2.25. The normalized spacial score (nSPS) is 11.5. The van der Waals surface area contributed by atoms with Gasteiger partial charge in [-0.25, -0.2) is 4.98 Å². The number of aromatic amines is 1. The number of aromatic nitrogens is 2. The fraction of sp³-hybridized carbons (Fsp3) is 0.238. The summed E-state index contributed by atoms with van der Waals surface area (Å²) in [7, 11) is 0. The van der Waals surface area contributed by atoms with Crippen molar-refractivity contribution in [1.29, 1.82) is 5.26 Å². The van der Waals surface area contributed by atoms with Crippen molar-refractivity contribution >= 4 is 22.7 Å². The van der Waals surface area contributed by atoms with Crippen LogP contribution in [-0.2, 0) is 0 Å². The van der Waals surface area contributed by atoms with Crippen LogP contribution in [0.5, 0.6) is 5.75 Å². The quantitative estimate of drug-likeness (QED) is 0.667. The molecule has 1 N–H and O–H groups in total. The van der Waals surface area contributed by atoms with Crippen LogP contribution in [0.3, 0.4) is 0 Å². The number of rotatable bonds is 5. The molecule has 0 fully saturated rings. The third kappa shape index (κ3) is 3.56. The molecule has 0 aliphatic heterocycles. The smallest absolute Gasteiger partial charge is 0.149 e. The molecular formula is C21H21N3O. The van der Waals surface area contributed by atoms with E-state index in [9.17, 15) is 5.26 Å². The van der Waals surface area contributed by atoms with Crippen molar-refractivity contribution in [2.24, 2.45) is 0 Å². The average molecular weight is 331 g/mol. The van der Waals surface area contributed by atoms with Crippen LogP contribution in [0.25, 0.3) is 22.7 Å². The highest BCUT2D eigenvalue weighted by molar-refractivity contribution is 5.91. The van der Waals surface area contributed by atoms with Gasteiger partial charge in [0.15, 0.2) is 0 Å². The Morgan fingerprint density at radius 1 is 1.24 bits per heavy atom. The summed E-state index contributed by atoms with van der Waals surface area (Å²) in [4.78, 5) is 7.84. The summed E-state index contributed by atoms with van der Waals surface area (Å²) >= 11 is 0. The zero-order valence-electron chi connectivity index (χ0n) is 14.8. The molecule has 0 aliphatic carbocycles. The number of benzene rings is 2. The van der Waals surface area contributed by atoms with E-state index in [4.69, 9.17) is 4.74 Å². The van der Waals surface area contributed by atoms with Gasteiger partial charge in [0, 0.05) is 5.56 Å². The van der Waals surface area contributed by atoms with Crippen LogP contribution in [0.4, 0.5) is 0 Å². The number of fused-ring (bicyclic) bond motifs is 1. The molecule has 2 aromatic carbocycles. The van der Waals surface area contributed by atoms with E-state index in [-0.39, 0.29) is 0 Å². The van der Waals surface area contributed by atoms with E-state index < -0.39 is 0 Å². The number of nitrogens with zero attached hydrogens (tertiary/aromatic N) is 2. The second-order valence-corrected chi connectivity index (χ2v) is 6.10. The number of H-pyrrole nitrogens is 1. The predicted octanol–water partition coefficient (Wildman–Crippen LogP) is 5.03. The molecule has 0 radical (unpaired) electrons. The molecule has 1 aromatic heterocycles. The molecule has 25 heavy (non-hydrogen) atoms. The first-order chi connectivity index (χ1) is 12.1. The number of nitrogens with one attached hydrogen (secondary N) is 1. The van der Waals surface area contributed by atoms with Gasteiger partial charge < -0.3 is 9.72 Å². The largest absolute Gasteiger partial charge is 0.493 e. The van der Waals surface area contributed by atoms with Crippen molar-refractivity contribution in [1.82, 2.24) is 9.97 Å². The van der Waals surface area contributed by atoms with Crippen molar-refractivity contribution in [3.05, 3.63) is 58.9 Å². The molecule has 3 rings (SSSR count). The van der Waals surface area contributed by atoms with E-state index in [1.165, 1.54) is 11.1 Å². The summed E-state index contributed by atoms with van der Waals surface area (Å²) in [5.74, 6) is 1.35. The second kappa shape index (κ2) is 7.23. The van der Waals surface area contributed by atoms with E-state index in [1.54, 1.807) is 0 Å². The predicted molar refractivity (Wildman–Crippen MR) is 101 cm³/mol. The Morgan fingerprint density at radius 2 is 2.00 bits per heavy atom. The molecule has 0 amide bonds.